The quantitative estimate of drug-likeness (QED) is 0.571. The van der Waals surface area contributed by atoms with Crippen LogP contribution in [-0.2, 0) is 9.47 Å². The highest BCUT2D eigenvalue weighted by molar-refractivity contribution is 7.20. The van der Waals surface area contributed by atoms with E-state index in [-0.39, 0.29) is 5.91 Å². The van der Waals surface area contributed by atoms with Crippen LogP contribution in [0.15, 0.2) is 36.7 Å². The van der Waals surface area contributed by atoms with Crippen molar-refractivity contribution in [3.8, 4) is 0 Å². The van der Waals surface area contributed by atoms with Gasteiger partial charge in [0.25, 0.3) is 5.91 Å². The number of ether oxygens (including phenoxy) is 2. The number of para-hydroxylation sites is 1. The molecule has 3 fully saturated rings. The number of likely N-dealkylation sites (tertiary alicyclic amines) is 1. The minimum Gasteiger partial charge on any atom is -0.368 e. The molecule has 3 aromatic rings. The van der Waals surface area contributed by atoms with E-state index in [1.807, 2.05) is 17.9 Å². The van der Waals surface area contributed by atoms with Gasteiger partial charge in [0.05, 0.1) is 23.5 Å². The molecule has 1 amide bonds. The van der Waals surface area contributed by atoms with Crippen molar-refractivity contribution in [2.75, 3.05) is 62.3 Å². The molecule has 3 aliphatic rings. The summed E-state index contributed by atoms with van der Waals surface area (Å²) in [6.07, 6.45) is 3.07. The number of fused-ring (bicyclic) bond motifs is 1. The number of aromatic nitrogens is 2. The first-order valence-electron chi connectivity index (χ1n) is 12.0. The fraction of sp³-hybridized carbons (Fsp3) is 0.480. The van der Waals surface area contributed by atoms with E-state index in [1.165, 1.54) is 17.0 Å². The van der Waals surface area contributed by atoms with Crippen LogP contribution in [0, 0.1) is 6.92 Å². The van der Waals surface area contributed by atoms with E-state index in [0.29, 0.717) is 26.3 Å². The van der Waals surface area contributed by atoms with Crippen LogP contribution in [0.2, 0.25) is 0 Å². The van der Waals surface area contributed by atoms with Crippen LogP contribution in [-0.4, -0.2) is 79.0 Å². The van der Waals surface area contributed by atoms with Crippen molar-refractivity contribution in [2.45, 2.75) is 25.6 Å². The maximum absolute atomic E-state index is 13.5. The van der Waals surface area contributed by atoms with Crippen LogP contribution in [0.4, 0.5) is 11.5 Å². The molecule has 3 aliphatic heterocycles. The van der Waals surface area contributed by atoms with E-state index < -0.39 is 5.79 Å². The average molecular weight is 480 g/mol. The Morgan fingerprint density at radius 1 is 0.941 bits per heavy atom. The normalized spacial score (nSPS) is 20.4. The highest BCUT2D eigenvalue weighted by Crippen LogP contribution is 2.37. The zero-order valence-electron chi connectivity index (χ0n) is 19.4. The molecule has 2 aromatic heterocycles. The lowest BCUT2D eigenvalue weighted by atomic mass is 10.0. The number of carbonyl (C=O) groups is 1. The largest absolute Gasteiger partial charge is 0.368 e. The van der Waals surface area contributed by atoms with Crippen LogP contribution in [0.25, 0.3) is 10.2 Å². The summed E-state index contributed by atoms with van der Waals surface area (Å²) in [5.74, 6) is 0.538. The second-order valence-corrected chi connectivity index (χ2v) is 10.1. The summed E-state index contributed by atoms with van der Waals surface area (Å²) in [6, 6.07) is 10.5. The van der Waals surface area contributed by atoms with Gasteiger partial charge in [-0.05, 0) is 24.6 Å². The van der Waals surface area contributed by atoms with Crippen molar-refractivity contribution in [2.24, 2.45) is 0 Å². The summed E-state index contributed by atoms with van der Waals surface area (Å²) < 4.78 is 11.6. The molecule has 8 nitrogen and oxygen atoms in total. The zero-order chi connectivity index (χ0) is 23.1. The number of hydrogen-bond donors (Lipinski definition) is 0. The second kappa shape index (κ2) is 8.79. The fourth-order valence-corrected chi connectivity index (χ4v) is 6.40. The Morgan fingerprint density at radius 3 is 2.32 bits per heavy atom. The highest BCUT2D eigenvalue weighted by atomic mass is 32.1. The maximum Gasteiger partial charge on any atom is 0.264 e. The third-order valence-electron chi connectivity index (χ3n) is 7.23. The Morgan fingerprint density at radius 2 is 1.62 bits per heavy atom. The molecule has 5 heterocycles. The van der Waals surface area contributed by atoms with Crippen LogP contribution >= 0.6 is 11.3 Å². The number of amides is 1. The van der Waals surface area contributed by atoms with Crippen molar-refractivity contribution in [3.63, 3.8) is 0 Å². The Kier molecular flexibility index (Phi) is 5.63. The van der Waals surface area contributed by atoms with Crippen LogP contribution < -0.4 is 9.80 Å². The van der Waals surface area contributed by atoms with Gasteiger partial charge in [0.1, 0.15) is 17.0 Å². The molecule has 3 saturated heterocycles. The van der Waals surface area contributed by atoms with Gasteiger partial charge in [-0.25, -0.2) is 9.97 Å². The number of rotatable bonds is 3. The molecule has 0 N–H and O–H groups in total. The lowest BCUT2D eigenvalue weighted by molar-refractivity contribution is -0.181. The van der Waals surface area contributed by atoms with Gasteiger partial charge < -0.3 is 24.2 Å². The van der Waals surface area contributed by atoms with Gasteiger partial charge in [-0.15, -0.1) is 11.3 Å². The molecule has 0 unspecified atom stereocenters. The Bertz CT molecular complexity index is 1180. The maximum atomic E-state index is 13.5. The Balaban J connectivity index is 1.21. The number of thiophene rings is 1. The van der Waals surface area contributed by atoms with E-state index in [2.05, 4.69) is 44.0 Å². The summed E-state index contributed by atoms with van der Waals surface area (Å²) in [5, 5.41) is 1.01. The molecule has 34 heavy (non-hydrogen) atoms. The van der Waals surface area contributed by atoms with Crippen LogP contribution in [0.1, 0.15) is 28.1 Å². The van der Waals surface area contributed by atoms with E-state index in [9.17, 15) is 4.79 Å². The highest BCUT2D eigenvalue weighted by Gasteiger charge is 2.41. The molecular weight excluding hydrogens is 450 g/mol. The molecule has 0 aliphatic carbocycles. The summed E-state index contributed by atoms with van der Waals surface area (Å²) in [5.41, 5.74) is 2.24. The lowest BCUT2D eigenvalue weighted by Gasteiger charge is -2.37. The minimum absolute atomic E-state index is 0.0770. The summed E-state index contributed by atoms with van der Waals surface area (Å²) in [4.78, 5) is 31.0. The number of benzene rings is 1. The molecule has 6 rings (SSSR count). The number of hydrogen-bond acceptors (Lipinski definition) is 8. The van der Waals surface area contributed by atoms with Gasteiger partial charge in [0.15, 0.2) is 5.79 Å². The molecule has 0 radical (unpaired) electrons. The van der Waals surface area contributed by atoms with E-state index in [1.54, 1.807) is 6.33 Å². The lowest BCUT2D eigenvalue weighted by Crippen LogP contribution is -2.47. The summed E-state index contributed by atoms with van der Waals surface area (Å²) in [6.45, 7) is 8.25. The van der Waals surface area contributed by atoms with Crippen molar-refractivity contribution < 1.29 is 14.3 Å². The number of nitrogens with zero attached hydrogens (tertiary/aromatic N) is 5. The minimum atomic E-state index is -0.480. The molecule has 0 atom stereocenters. The predicted octanol–water partition coefficient (Wildman–Crippen LogP) is 3.31. The van der Waals surface area contributed by atoms with Crippen molar-refractivity contribution in [1.82, 2.24) is 14.9 Å². The fourth-order valence-electron chi connectivity index (χ4n) is 5.29. The van der Waals surface area contributed by atoms with Gasteiger partial charge in [-0.2, -0.15) is 0 Å². The van der Waals surface area contributed by atoms with Crippen LogP contribution in [0.5, 0.6) is 0 Å². The third-order valence-corrected chi connectivity index (χ3v) is 8.42. The van der Waals surface area contributed by atoms with Gasteiger partial charge in [0.2, 0.25) is 0 Å². The molecule has 1 spiro atoms. The van der Waals surface area contributed by atoms with E-state index >= 15 is 0 Å². The standard InChI is InChI=1S/C25H29N5O3S/c1-18-20-22(29-13-11-28(12-14-29)19-5-3-2-4-6-19)26-17-27-23(20)34-21(18)24(31)30-9-7-25(8-10-30)32-15-16-33-25/h2-6,17H,7-16H2,1H3. The molecule has 9 heteroatoms. The number of aryl methyl sites for hydroxylation is 1. The van der Waals surface area contributed by atoms with E-state index in [4.69, 9.17) is 9.47 Å². The zero-order valence-corrected chi connectivity index (χ0v) is 20.2. The van der Waals surface area contributed by atoms with Crippen LogP contribution in [0.3, 0.4) is 0 Å². The third kappa shape index (κ3) is 3.81. The van der Waals surface area contributed by atoms with E-state index in [0.717, 1.165) is 65.5 Å². The van der Waals surface area contributed by atoms with Crippen molar-refractivity contribution in [1.29, 1.82) is 0 Å². The first kappa shape index (κ1) is 21.8. The molecule has 0 bridgehead atoms. The summed E-state index contributed by atoms with van der Waals surface area (Å²) in [7, 11) is 0. The first-order valence-corrected chi connectivity index (χ1v) is 12.8. The monoisotopic (exact) mass is 479 g/mol. The summed E-state index contributed by atoms with van der Waals surface area (Å²) >= 11 is 1.48. The van der Waals surface area contributed by atoms with Gasteiger partial charge in [0, 0.05) is 57.8 Å². The number of piperidine rings is 1. The van der Waals surface area contributed by atoms with Crippen molar-refractivity contribution in [3.05, 3.63) is 47.1 Å². The predicted molar refractivity (Wildman–Crippen MR) is 133 cm³/mol. The first-order chi connectivity index (χ1) is 16.6. The number of anilines is 2. The van der Waals surface area contributed by atoms with Crippen molar-refractivity contribution >= 4 is 39.0 Å². The molecule has 1 aromatic carbocycles. The Labute approximate surface area is 203 Å². The van der Waals surface area contributed by atoms with Gasteiger partial charge in [-0.3, -0.25) is 4.79 Å². The number of carbonyl (C=O) groups excluding carboxylic acids is 1. The van der Waals surface area contributed by atoms with Gasteiger partial charge >= 0.3 is 0 Å². The SMILES string of the molecule is Cc1c(C(=O)N2CCC3(CC2)OCCO3)sc2ncnc(N3CCN(c4ccccc4)CC3)c12. The topological polar surface area (TPSA) is 71.0 Å². The second-order valence-electron chi connectivity index (χ2n) is 9.14. The average Bonchev–Trinajstić information content (AvgIpc) is 3.49. The molecule has 0 saturated carbocycles. The number of piperazine rings is 1. The van der Waals surface area contributed by atoms with Gasteiger partial charge in [-0.1, -0.05) is 18.2 Å². The molecular formula is C25H29N5O3S. The molecule has 178 valence electrons. The Hall–Kier alpha value is -2.75. The smallest absolute Gasteiger partial charge is 0.264 e.